The quantitative estimate of drug-likeness (QED) is 0.197. The molecule has 3 aliphatic heterocycles. The van der Waals surface area contributed by atoms with Gasteiger partial charge >= 0.3 is 6.18 Å². The molecule has 3 aliphatic carbocycles. The fourth-order valence-electron chi connectivity index (χ4n) is 15.6. The Labute approximate surface area is 580 Å². The first-order valence-electron chi connectivity index (χ1n) is 35.8. The first-order valence-corrected chi connectivity index (χ1v) is 35.8. The van der Waals surface area contributed by atoms with Gasteiger partial charge in [-0.3, -0.25) is 52.7 Å². The number of fused-ring (bicyclic) bond motifs is 2. The van der Waals surface area contributed by atoms with Gasteiger partial charge in [0.1, 0.15) is 71.1 Å². The van der Waals surface area contributed by atoms with E-state index in [9.17, 15) is 41.9 Å². The van der Waals surface area contributed by atoms with E-state index in [0.717, 1.165) is 49.8 Å². The van der Waals surface area contributed by atoms with E-state index in [1.54, 1.807) is 27.8 Å². The molecule has 1 aromatic rings. The topological polar surface area (TPSA) is 259 Å². The van der Waals surface area contributed by atoms with Gasteiger partial charge in [0, 0.05) is 80.9 Å². The number of carbonyl (C=O) groups is 11. The highest BCUT2D eigenvalue weighted by atomic mass is 19.4. The molecular formula is C71H108F5N11O12. The van der Waals surface area contributed by atoms with Crippen molar-refractivity contribution in [1.29, 1.82) is 0 Å². The number of aryl methyl sites for hydroxylation is 1. The van der Waals surface area contributed by atoms with Crippen LogP contribution in [0.1, 0.15) is 188 Å². The molecule has 11 atom stereocenters. The molecular weight excluding hydrogens is 1290 g/mol. The highest BCUT2D eigenvalue weighted by Gasteiger charge is 2.53. The zero-order valence-corrected chi connectivity index (χ0v) is 60.3. The first-order chi connectivity index (χ1) is 46.6. The molecule has 6 aliphatic rings. The van der Waals surface area contributed by atoms with Crippen molar-refractivity contribution in [3.05, 3.63) is 34.9 Å². The van der Waals surface area contributed by atoms with Gasteiger partial charge in [0.15, 0.2) is 0 Å². The number of ether oxygens (including phenoxy) is 1. The summed E-state index contributed by atoms with van der Waals surface area (Å²) >= 11 is 0. The Kier molecular flexibility index (Phi) is 27.3. The third-order valence-corrected chi connectivity index (χ3v) is 22.2. The zero-order valence-electron chi connectivity index (χ0n) is 60.3. The molecule has 3 heterocycles. The Hall–Kier alpha value is -7.00. The molecule has 1 aromatic carbocycles. The second-order valence-corrected chi connectivity index (χ2v) is 29.5. The summed E-state index contributed by atoms with van der Waals surface area (Å²) in [5.41, 5.74) is -4.02. The van der Waals surface area contributed by atoms with Crippen molar-refractivity contribution < 1.29 is 79.4 Å². The summed E-state index contributed by atoms with van der Waals surface area (Å²) in [7, 11) is 8.77. The number of carbonyl (C=O) groups excluding carboxylic acids is 11. The van der Waals surface area contributed by atoms with Crippen LogP contribution in [0.3, 0.4) is 0 Å². The molecule has 23 nitrogen and oxygen atoms in total. The molecule has 0 bridgehead atoms. The highest BCUT2D eigenvalue weighted by molar-refractivity contribution is 6.00. The lowest BCUT2D eigenvalue weighted by Gasteiger charge is -2.45. The number of nitrogens with one attached hydrogen (secondary N) is 3. The minimum atomic E-state index is -5.39. The van der Waals surface area contributed by atoms with Crippen molar-refractivity contribution in [2.24, 2.45) is 23.7 Å². The van der Waals surface area contributed by atoms with Gasteiger partial charge in [-0.25, -0.2) is 8.78 Å². The molecule has 554 valence electrons. The van der Waals surface area contributed by atoms with Crippen LogP contribution in [0.4, 0.5) is 22.0 Å². The average molecular weight is 1400 g/mol. The molecule has 99 heavy (non-hydrogen) atoms. The number of halogens is 5. The van der Waals surface area contributed by atoms with Crippen molar-refractivity contribution in [1.82, 2.24) is 55.1 Å². The number of benzene rings is 1. The Balaban J connectivity index is 1.29. The van der Waals surface area contributed by atoms with Crippen molar-refractivity contribution in [2.75, 3.05) is 68.5 Å². The molecule has 0 radical (unpaired) electrons. The molecule has 0 unspecified atom stereocenters. The fraction of sp³-hybridized carbons (Fsp3) is 0.761. The molecule has 0 aromatic heterocycles. The van der Waals surface area contributed by atoms with Gasteiger partial charge in [0.2, 0.25) is 65.0 Å². The molecule has 6 fully saturated rings. The Morgan fingerprint density at radius 3 is 1.83 bits per heavy atom. The van der Waals surface area contributed by atoms with Crippen LogP contribution >= 0.6 is 0 Å². The predicted octanol–water partition coefficient (Wildman–Crippen LogP) is 6.21. The number of alkyl halides is 3. The number of amides is 11. The van der Waals surface area contributed by atoms with E-state index < -0.39 is 180 Å². The number of nitrogens with zero attached hydrogens (tertiary/aromatic N) is 8. The lowest BCUT2D eigenvalue weighted by atomic mass is 9.84. The van der Waals surface area contributed by atoms with E-state index in [4.69, 9.17) is 4.74 Å². The molecule has 3 saturated heterocycles. The van der Waals surface area contributed by atoms with Gasteiger partial charge in [0.25, 0.3) is 0 Å². The molecule has 11 amide bonds. The van der Waals surface area contributed by atoms with E-state index in [2.05, 4.69) is 16.0 Å². The standard InChI is InChI=1S/C71H108F5N11O12/c1-14-42(5)59-67(96)82(10)44(7)63(92)86-32-29-52(86)66(95)84(12)55(37-45-23-17-16-18-24-45)65(94)80(8)40-56(88)77-51(28-27-46-35-49(72)58(50(73)36-46)71(74,75)76)64(93)87-39-48(99-15-2)38-54(87)62(91)79-70(30-21-22-31-70)69(98)85(13)60(47-25-19-20-26-47)68(97)81(9)43(6)34-57(89)83(11)53(33-41(3)4)61(90)78-59/h35-36,41-45,47-48,51-55,59-60H,14-34,37-40H2,1-13H3,(H,77,88)(H,78,90)(H,79,91)/t42-,43+,44-,48+,51-,52-,53-,54-,55-,59-,60-/m0/s1. The summed E-state index contributed by atoms with van der Waals surface area (Å²) in [6.07, 6.45) is 1.77. The maximum atomic E-state index is 15.5. The van der Waals surface area contributed by atoms with Crippen molar-refractivity contribution in [2.45, 2.75) is 255 Å². The normalized spacial score (nSPS) is 28.8. The van der Waals surface area contributed by atoms with Crippen LogP contribution in [0.25, 0.3) is 0 Å². The van der Waals surface area contributed by atoms with Gasteiger partial charge in [-0.15, -0.1) is 0 Å². The summed E-state index contributed by atoms with van der Waals surface area (Å²) in [6, 6.07) is -9.56. The SMILES string of the molecule is CCO[C@@H]1C[C@H]2C(=O)NC3(CCCC3)C(=O)N(C)[C@@H](C3CCCC3)C(=O)N(C)[C@H](C)CC(=O)N(C)[C@@H](CC(C)C)C(=O)N[C@@H]([C@@H](C)CC)C(=O)N(C)[C@@H](C)C(=O)N3CC[C@H]3C(=O)N(C)[C@@H](CC3CCCCC3)C(=O)N(C)CC(=O)N[C@@H](CCc3cc(F)c(C(F)(F)F)c(F)c3)C(=O)N2C1. The summed E-state index contributed by atoms with van der Waals surface area (Å²) in [6.45, 7) is 11.6. The van der Waals surface area contributed by atoms with Gasteiger partial charge in [-0.2, -0.15) is 13.2 Å². The van der Waals surface area contributed by atoms with Gasteiger partial charge < -0.3 is 59.9 Å². The number of likely N-dealkylation sites (N-methyl/N-ethyl adjacent to an activating group) is 6. The van der Waals surface area contributed by atoms with Crippen LogP contribution in [0.2, 0.25) is 0 Å². The number of hydrogen-bond donors (Lipinski definition) is 3. The smallest absolute Gasteiger partial charge is 0.377 e. The highest BCUT2D eigenvalue weighted by Crippen LogP contribution is 2.39. The van der Waals surface area contributed by atoms with Crippen LogP contribution in [-0.2, 0) is 70.1 Å². The molecule has 28 heteroatoms. The molecule has 3 saturated carbocycles. The lowest BCUT2D eigenvalue weighted by Crippen LogP contribution is -2.65. The van der Waals surface area contributed by atoms with E-state index in [-0.39, 0.29) is 88.0 Å². The average Bonchev–Trinajstić information content (AvgIpc) is 1.68. The second kappa shape index (κ2) is 34.1. The maximum Gasteiger partial charge on any atom is 0.422 e. The molecule has 3 N–H and O–H groups in total. The van der Waals surface area contributed by atoms with Crippen LogP contribution < -0.4 is 16.0 Å². The maximum absolute atomic E-state index is 15.5. The Morgan fingerprint density at radius 2 is 1.26 bits per heavy atom. The van der Waals surface area contributed by atoms with Crippen molar-refractivity contribution >= 4 is 65.0 Å². The zero-order chi connectivity index (χ0) is 73.3. The molecule has 7 rings (SSSR count). The van der Waals surface area contributed by atoms with E-state index in [1.807, 2.05) is 20.8 Å². The molecule has 1 spiro atoms. The van der Waals surface area contributed by atoms with E-state index >= 15 is 32.8 Å². The summed E-state index contributed by atoms with van der Waals surface area (Å²) in [5, 5.41) is 8.62. The fourth-order valence-corrected chi connectivity index (χ4v) is 15.6. The number of hydrogen-bond acceptors (Lipinski definition) is 12. The third-order valence-electron chi connectivity index (χ3n) is 22.2. The minimum Gasteiger partial charge on any atom is -0.377 e. The van der Waals surface area contributed by atoms with Gasteiger partial charge in [0.05, 0.1) is 12.6 Å². The van der Waals surface area contributed by atoms with Crippen LogP contribution in [0.15, 0.2) is 12.1 Å². The number of rotatable bonds is 12. The van der Waals surface area contributed by atoms with E-state index in [1.165, 1.54) is 76.5 Å². The summed E-state index contributed by atoms with van der Waals surface area (Å²) in [5.74, 6) is -11.9. The van der Waals surface area contributed by atoms with Gasteiger partial charge in [-0.05, 0) is 120 Å². The van der Waals surface area contributed by atoms with Crippen LogP contribution in [0, 0.1) is 35.3 Å². The van der Waals surface area contributed by atoms with Crippen molar-refractivity contribution in [3.8, 4) is 0 Å². The second-order valence-electron chi connectivity index (χ2n) is 29.5. The Bertz CT molecular complexity index is 3080. The minimum absolute atomic E-state index is 0.0189. The third kappa shape index (κ3) is 18.6. The summed E-state index contributed by atoms with van der Waals surface area (Å²) in [4.78, 5) is 175. The largest absolute Gasteiger partial charge is 0.422 e. The van der Waals surface area contributed by atoms with Crippen molar-refractivity contribution in [3.63, 3.8) is 0 Å². The predicted molar refractivity (Wildman–Crippen MR) is 357 cm³/mol. The summed E-state index contributed by atoms with van der Waals surface area (Å²) < 4.78 is 77.6. The van der Waals surface area contributed by atoms with E-state index in [0.29, 0.717) is 44.2 Å². The Morgan fingerprint density at radius 1 is 0.646 bits per heavy atom. The van der Waals surface area contributed by atoms with Crippen LogP contribution in [-0.4, -0.2) is 239 Å². The lowest BCUT2D eigenvalue weighted by molar-refractivity contribution is -0.160. The van der Waals surface area contributed by atoms with Gasteiger partial charge in [-0.1, -0.05) is 91.9 Å². The van der Waals surface area contributed by atoms with Crippen LogP contribution in [0.5, 0.6) is 0 Å². The first kappa shape index (κ1) is 79.3. The monoisotopic (exact) mass is 1400 g/mol.